The van der Waals surface area contributed by atoms with Crippen LogP contribution in [0.2, 0.25) is 0 Å². The molecule has 0 radical (unpaired) electrons. The summed E-state index contributed by atoms with van der Waals surface area (Å²) >= 11 is 0. The quantitative estimate of drug-likeness (QED) is 0.626. The first-order valence-electron chi connectivity index (χ1n) is 10.7. The van der Waals surface area contributed by atoms with Crippen molar-refractivity contribution in [3.63, 3.8) is 0 Å². The van der Waals surface area contributed by atoms with Gasteiger partial charge in [0.25, 0.3) is 11.9 Å². The molecule has 3 aromatic rings. The zero-order chi connectivity index (χ0) is 23.1. The molecule has 0 spiro atoms. The molecule has 1 amide bonds. The van der Waals surface area contributed by atoms with Gasteiger partial charge in [-0.15, -0.1) is 0 Å². The number of benzene rings is 2. The number of aliphatic carboxylic acids is 1. The van der Waals surface area contributed by atoms with E-state index in [1.165, 1.54) is 12.5 Å². The number of rotatable bonds is 4. The van der Waals surface area contributed by atoms with Gasteiger partial charge in [0.2, 0.25) is 0 Å². The highest BCUT2D eigenvalue weighted by Crippen LogP contribution is 2.31. The lowest BCUT2D eigenvalue weighted by Crippen LogP contribution is -2.43. The number of aromatic nitrogens is 1. The lowest BCUT2D eigenvalue weighted by Gasteiger charge is -2.29. The number of fused-ring (bicyclic) bond motifs is 1. The molecule has 32 heavy (non-hydrogen) atoms. The largest absolute Gasteiger partial charge is 0.481 e. The summed E-state index contributed by atoms with van der Waals surface area (Å²) in [5.41, 5.74) is 2.03. The van der Waals surface area contributed by atoms with E-state index in [-0.39, 0.29) is 11.7 Å². The van der Waals surface area contributed by atoms with Crippen molar-refractivity contribution in [3.8, 4) is 16.9 Å². The molecule has 2 heterocycles. The minimum absolute atomic E-state index is 0.0212. The number of hydrogen-bond acceptors (Lipinski definition) is 4. The third-order valence-electron chi connectivity index (χ3n) is 5.21. The number of carboxylic acid groups (broad SMARTS) is 1. The third kappa shape index (κ3) is 5.81. The van der Waals surface area contributed by atoms with Crippen LogP contribution < -0.4 is 4.74 Å². The highest BCUT2D eigenvalue weighted by atomic mass is 19.1. The molecule has 1 N–H and O–H groups in total. The summed E-state index contributed by atoms with van der Waals surface area (Å²) in [5, 5.41) is 8.26. The van der Waals surface area contributed by atoms with Crippen molar-refractivity contribution in [1.82, 2.24) is 9.88 Å². The number of carbonyl (C=O) groups is 2. The van der Waals surface area contributed by atoms with E-state index in [1.807, 2.05) is 29.2 Å². The number of hydrogen-bond donors (Lipinski definition) is 1. The van der Waals surface area contributed by atoms with Crippen LogP contribution in [0.3, 0.4) is 0 Å². The number of piperidine rings is 1. The molecule has 2 aromatic carbocycles. The number of ether oxygens (including phenoxy) is 1. The second kappa shape index (κ2) is 10.7. The molecule has 1 fully saturated rings. The Kier molecular flexibility index (Phi) is 7.76. The fourth-order valence-corrected chi connectivity index (χ4v) is 3.74. The first-order valence-corrected chi connectivity index (χ1v) is 10.7. The second-order valence-corrected chi connectivity index (χ2v) is 7.68. The molecular formula is C25H27FN2O4. The average molecular weight is 438 g/mol. The number of nitrogens with zero attached hydrogens (tertiary/aromatic N) is 2. The molecule has 1 atom stereocenters. The van der Waals surface area contributed by atoms with E-state index >= 15 is 0 Å². The molecular weight excluding hydrogens is 411 g/mol. The minimum Gasteiger partial charge on any atom is -0.481 e. The molecule has 0 aliphatic carbocycles. The summed E-state index contributed by atoms with van der Waals surface area (Å²) in [5.74, 6) is -0.493. The Morgan fingerprint density at radius 1 is 1.06 bits per heavy atom. The third-order valence-corrected chi connectivity index (χ3v) is 5.21. The van der Waals surface area contributed by atoms with Crippen LogP contribution in [0.15, 0.2) is 54.7 Å². The van der Waals surface area contributed by atoms with E-state index in [0.29, 0.717) is 16.8 Å². The predicted molar refractivity (Wildman–Crippen MR) is 121 cm³/mol. The number of carbonyl (C=O) groups excluding carboxylic acids is 1. The molecule has 1 unspecified atom stereocenters. The van der Waals surface area contributed by atoms with E-state index < -0.39 is 12.1 Å². The van der Waals surface area contributed by atoms with Crippen LogP contribution in [0.25, 0.3) is 22.0 Å². The molecule has 7 heteroatoms. The lowest BCUT2D eigenvalue weighted by atomic mass is 10.0. The van der Waals surface area contributed by atoms with E-state index in [0.717, 1.165) is 43.8 Å². The van der Waals surface area contributed by atoms with Gasteiger partial charge in [0, 0.05) is 43.2 Å². The van der Waals surface area contributed by atoms with Crippen LogP contribution in [0.1, 0.15) is 33.1 Å². The van der Waals surface area contributed by atoms with Gasteiger partial charge in [0.1, 0.15) is 11.6 Å². The van der Waals surface area contributed by atoms with E-state index in [9.17, 15) is 9.18 Å². The van der Waals surface area contributed by atoms with Gasteiger partial charge in [-0.25, -0.2) is 4.39 Å². The van der Waals surface area contributed by atoms with Crippen molar-refractivity contribution in [1.29, 1.82) is 0 Å². The van der Waals surface area contributed by atoms with Gasteiger partial charge in [-0.1, -0.05) is 18.2 Å². The van der Waals surface area contributed by atoms with Crippen LogP contribution in [-0.4, -0.2) is 46.1 Å². The molecule has 1 aromatic heterocycles. The maximum atomic E-state index is 14.2. The predicted octanol–water partition coefficient (Wildman–Crippen LogP) is 4.91. The van der Waals surface area contributed by atoms with Gasteiger partial charge < -0.3 is 14.7 Å². The second-order valence-electron chi connectivity index (χ2n) is 7.68. The number of halogens is 1. The van der Waals surface area contributed by atoms with Crippen LogP contribution >= 0.6 is 0 Å². The van der Waals surface area contributed by atoms with Crippen molar-refractivity contribution >= 4 is 22.8 Å². The first-order chi connectivity index (χ1) is 15.4. The maximum Gasteiger partial charge on any atom is 0.300 e. The van der Waals surface area contributed by atoms with Crippen molar-refractivity contribution < 1.29 is 23.8 Å². The Bertz CT molecular complexity index is 1090. The van der Waals surface area contributed by atoms with Gasteiger partial charge >= 0.3 is 0 Å². The number of pyridine rings is 1. The van der Waals surface area contributed by atoms with Gasteiger partial charge in [0.05, 0.1) is 5.52 Å². The topological polar surface area (TPSA) is 79.7 Å². The van der Waals surface area contributed by atoms with E-state index in [4.69, 9.17) is 14.6 Å². The SMILES string of the molecule is CC(=O)O.CC(Oc1ccc2c(-c3ccccc3F)ccnc2c1)C(=O)N1CCCCC1. The van der Waals surface area contributed by atoms with Crippen molar-refractivity contribution in [3.05, 3.63) is 60.5 Å². The molecule has 0 bridgehead atoms. The molecule has 1 aliphatic rings. The summed E-state index contributed by atoms with van der Waals surface area (Å²) in [6.45, 7) is 4.47. The molecule has 6 nitrogen and oxygen atoms in total. The number of carboxylic acids is 1. The highest BCUT2D eigenvalue weighted by Gasteiger charge is 2.23. The summed E-state index contributed by atoms with van der Waals surface area (Å²) in [7, 11) is 0. The maximum absolute atomic E-state index is 14.2. The highest BCUT2D eigenvalue weighted by molar-refractivity contribution is 5.95. The zero-order valence-corrected chi connectivity index (χ0v) is 18.3. The zero-order valence-electron chi connectivity index (χ0n) is 18.3. The Morgan fingerprint density at radius 3 is 2.44 bits per heavy atom. The van der Waals surface area contributed by atoms with Gasteiger partial charge in [-0.2, -0.15) is 0 Å². The molecule has 0 saturated carbocycles. The van der Waals surface area contributed by atoms with Gasteiger partial charge in [-0.05, 0) is 56.0 Å². The van der Waals surface area contributed by atoms with Gasteiger partial charge in [-0.3, -0.25) is 14.6 Å². The smallest absolute Gasteiger partial charge is 0.300 e. The van der Waals surface area contributed by atoms with E-state index in [1.54, 1.807) is 31.3 Å². The monoisotopic (exact) mass is 438 g/mol. The molecule has 4 rings (SSSR count). The van der Waals surface area contributed by atoms with Crippen LogP contribution in [-0.2, 0) is 9.59 Å². The Balaban J connectivity index is 0.000000668. The Labute approximate surface area is 186 Å². The number of amides is 1. The minimum atomic E-state index is -0.833. The number of likely N-dealkylation sites (tertiary alicyclic amines) is 1. The summed E-state index contributed by atoms with van der Waals surface area (Å²) in [6, 6.07) is 14.0. The Hall–Kier alpha value is -3.48. The van der Waals surface area contributed by atoms with Crippen LogP contribution in [0.4, 0.5) is 4.39 Å². The fourth-order valence-electron chi connectivity index (χ4n) is 3.74. The molecule has 1 aliphatic heterocycles. The lowest BCUT2D eigenvalue weighted by molar-refractivity contribution is -0.139. The van der Waals surface area contributed by atoms with Crippen LogP contribution in [0.5, 0.6) is 5.75 Å². The summed E-state index contributed by atoms with van der Waals surface area (Å²) in [6.07, 6.45) is 4.40. The first kappa shape index (κ1) is 23.2. The van der Waals surface area contributed by atoms with Crippen LogP contribution in [0, 0.1) is 5.82 Å². The molecule has 1 saturated heterocycles. The normalized spacial score (nSPS) is 14.3. The van der Waals surface area contributed by atoms with Crippen molar-refractivity contribution in [2.75, 3.05) is 13.1 Å². The van der Waals surface area contributed by atoms with Crippen molar-refractivity contribution in [2.45, 2.75) is 39.2 Å². The van der Waals surface area contributed by atoms with Gasteiger partial charge in [0.15, 0.2) is 6.10 Å². The Morgan fingerprint density at radius 2 is 1.75 bits per heavy atom. The summed E-state index contributed by atoms with van der Waals surface area (Å²) in [4.78, 5) is 27.9. The summed E-state index contributed by atoms with van der Waals surface area (Å²) < 4.78 is 20.1. The molecule has 168 valence electrons. The fraction of sp³-hybridized carbons (Fsp3) is 0.320. The standard InChI is InChI=1S/C23H23FN2O2.C2H4O2/c1-16(23(27)26-13-5-2-6-14-26)28-17-9-10-20-18(11-12-25-22(20)15-17)19-7-3-4-8-21(19)24;1-2(3)4/h3-4,7-12,15-16H,2,5-6,13-14H2,1H3;1H3,(H,3,4). The average Bonchev–Trinajstić information content (AvgIpc) is 2.78. The van der Waals surface area contributed by atoms with E-state index in [2.05, 4.69) is 4.98 Å². The van der Waals surface area contributed by atoms with Crippen molar-refractivity contribution in [2.24, 2.45) is 0 Å².